The molecule has 0 fully saturated rings. The van der Waals surface area contributed by atoms with Gasteiger partial charge < -0.3 is 18.8 Å². The Morgan fingerprint density at radius 3 is 2.59 bits per heavy atom. The van der Waals surface area contributed by atoms with Gasteiger partial charge in [0.05, 0.1) is 12.7 Å². The van der Waals surface area contributed by atoms with Crippen LogP contribution in [-0.4, -0.2) is 17.5 Å². The van der Waals surface area contributed by atoms with Crippen molar-refractivity contribution in [3.8, 4) is 17.2 Å². The van der Waals surface area contributed by atoms with Gasteiger partial charge in [0.1, 0.15) is 23.9 Å². The number of ketones is 1. The molecule has 34 heavy (non-hydrogen) atoms. The minimum absolute atomic E-state index is 0.113. The van der Waals surface area contributed by atoms with Gasteiger partial charge in [0.2, 0.25) is 5.78 Å². The van der Waals surface area contributed by atoms with Crippen LogP contribution >= 0.6 is 0 Å². The number of hydrogen-bond acceptors (Lipinski definition) is 4. The average Bonchev–Trinajstić information content (AvgIpc) is 3.35. The van der Waals surface area contributed by atoms with E-state index in [0.717, 1.165) is 39.9 Å². The van der Waals surface area contributed by atoms with Gasteiger partial charge in [-0.15, -0.1) is 0 Å². The summed E-state index contributed by atoms with van der Waals surface area (Å²) in [4.78, 5) is 13.2. The highest BCUT2D eigenvalue weighted by molar-refractivity contribution is 6.16. The average molecular weight is 454 g/mol. The quantitative estimate of drug-likeness (QED) is 0.314. The van der Waals surface area contributed by atoms with Crippen molar-refractivity contribution in [3.05, 3.63) is 94.4 Å². The lowest BCUT2D eigenvalue weighted by atomic mass is 10.0. The molecule has 0 radical (unpaired) electrons. The zero-order valence-electron chi connectivity index (χ0n) is 19.8. The van der Waals surface area contributed by atoms with Crippen molar-refractivity contribution in [2.45, 2.75) is 33.9 Å². The Kier molecular flexibility index (Phi) is 5.62. The van der Waals surface area contributed by atoms with Crippen LogP contribution in [0.15, 0.2) is 66.6 Å². The molecule has 0 saturated heterocycles. The second-order valence-corrected chi connectivity index (χ2v) is 8.52. The number of ether oxygens (including phenoxy) is 3. The van der Waals surface area contributed by atoms with Gasteiger partial charge in [0, 0.05) is 35.3 Å². The van der Waals surface area contributed by atoms with Crippen molar-refractivity contribution in [3.63, 3.8) is 0 Å². The second-order valence-electron chi connectivity index (χ2n) is 8.52. The lowest BCUT2D eigenvalue weighted by Crippen LogP contribution is -2.00. The van der Waals surface area contributed by atoms with Crippen LogP contribution in [0.1, 0.15) is 39.5 Å². The summed E-state index contributed by atoms with van der Waals surface area (Å²) in [5.41, 5.74) is 5.73. The molecule has 3 aromatic carbocycles. The first-order valence-corrected chi connectivity index (χ1v) is 11.4. The molecule has 0 saturated carbocycles. The van der Waals surface area contributed by atoms with E-state index in [9.17, 15) is 4.79 Å². The summed E-state index contributed by atoms with van der Waals surface area (Å²) < 4.78 is 19.7. The third kappa shape index (κ3) is 3.83. The van der Waals surface area contributed by atoms with E-state index in [4.69, 9.17) is 14.2 Å². The number of methoxy groups -OCH3 is 1. The van der Waals surface area contributed by atoms with Crippen LogP contribution in [0, 0.1) is 13.8 Å². The zero-order chi connectivity index (χ0) is 23.8. The Morgan fingerprint density at radius 1 is 1.00 bits per heavy atom. The van der Waals surface area contributed by atoms with Gasteiger partial charge in [-0.25, -0.2) is 0 Å². The maximum Gasteiger partial charge on any atom is 0.232 e. The molecule has 0 N–H and O–H groups in total. The van der Waals surface area contributed by atoms with Crippen LogP contribution in [0.25, 0.3) is 17.0 Å². The largest absolute Gasteiger partial charge is 0.497 e. The summed E-state index contributed by atoms with van der Waals surface area (Å²) in [6.07, 6.45) is 3.86. The number of hydrogen-bond donors (Lipinski definition) is 0. The maximum atomic E-state index is 13.2. The number of aryl methyl sites for hydroxylation is 3. The maximum absolute atomic E-state index is 13.2. The highest BCUT2D eigenvalue weighted by Crippen LogP contribution is 2.38. The van der Waals surface area contributed by atoms with Crippen LogP contribution < -0.4 is 14.2 Å². The topological polar surface area (TPSA) is 49.7 Å². The molecule has 0 aliphatic carbocycles. The zero-order valence-corrected chi connectivity index (χ0v) is 19.8. The van der Waals surface area contributed by atoms with Crippen LogP contribution in [-0.2, 0) is 13.2 Å². The molecule has 5 heteroatoms. The van der Waals surface area contributed by atoms with Gasteiger partial charge in [-0.2, -0.15) is 0 Å². The molecule has 1 aromatic heterocycles. The van der Waals surface area contributed by atoms with E-state index in [2.05, 4.69) is 30.5 Å². The Morgan fingerprint density at radius 2 is 1.82 bits per heavy atom. The van der Waals surface area contributed by atoms with E-state index in [1.807, 2.05) is 55.6 Å². The SMILES string of the molecule is CCn1cc(/C=C2\Oc3cc(OCc4ccccc4C)cc(C)c3C2=O)c2cc(OC)ccc21. The van der Waals surface area contributed by atoms with Gasteiger partial charge in [-0.1, -0.05) is 24.3 Å². The molecule has 5 nitrogen and oxygen atoms in total. The number of rotatable bonds is 6. The molecule has 1 aliphatic heterocycles. The fourth-order valence-electron chi connectivity index (χ4n) is 4.44. The number of carbonyl (C=O) groups excluding carboxylic acids is 1. The monoisotopic (exact) mass is 453 g/mol. The van der Waals surface area contributed by atoms with Crippen LogP contribution in [0.5, 0.6) is 17.2 Å². The van der Waals surface area contributed by atoms with E-state index in [1.54, 1.807) is 13.2 Å². The summed E-state index contributed by atoms with van der Waals surface area (Å²) in [7, 11) is 1.65. The van der Waals surface area contributed by atoms with E-state index in [0.29, 0.717) is 29.4 Å². The highest BCUT2D eigenvalue weighted by Gasteiger charge is 2.30. The van der Waals surface area contributed by atoms with Crippen molar-refractivity contribution in [1.29, 1.82) is 0 Å². The van der Waals surface area contributed by atoms with Gasteiger partial charge in [0.15, 0.2) is 5.76 Å². The fourth-order valence-corrected chi connectivity index (χ4v) is 4.44. The van der Waals surface area contributed by atoms with E-state index >= 15 is 0 Å². The molecule has 0 bridgehead atoms. The number of fused-ring (bicyclic) bond motifs is 2. The number of Topliss-reactive ketones (excluding diaryl/α,β-unsaturated/α-hetero) is 1. The van der Waals surface area contributed by atoms with Crippen molar-refractivity contribution in [2.24, 2.45) is 0 Å². The fraction of sp³-hybridized carbons (Fsp3) is 0.207. The Bertz CT molecular complexity index is 1440. The minimum Gasteiger partial charge on any atom is -0.497 e. The second kappa shape index (κ2) is 8.75. The molecule has 172 valence electrons. The van der Waals surface area contributed by atoms with Crippen LogP contribution in [0.4, 0.5) is 0 Å². The number of nitrogens with zero attached hydrogens (tertiary/aromatic N) is 1. The van der Waals surface area contributed by atoms with Crippen molar-refractivity contribution >= 4 is 22.8 Å². The normalized spacial score (nSPS) is 13.9. The smallest absolute Gasteiger partial charge is 0.232 e. The third-order valence-corrected chi connectivity index (χ3v) is 6.35. The molecular weight excluding hydrogens is 426 g/mol. The van der Waals surface area contributed by atoms with Gasteiger partial charge in [0.25, 0.3) is 0 Å². The summed E-state index contributed by atoms with van der Waals surface area (Å²) in [5.74, 6) is 2.19. The Balaban J connectivity index is 1.46. The Hall–Kier alpha value is -3.99. The van der Waals surface area contributed by atoms with E-state index in [1.165, 1.54) is 5.56 Å². The number of aromatic nitrogens is 1. The highest BCUT2D eigenvalue weighted by atomic mass is 16.5. The molecular formula is C29H27NO4. The van der Waals surface area contributed by atoms with Crippen molar-refractivity contribution < 1.29 is 19.0 Å². The van der Waals surface area contributed by atoms with Crippen LogP contribution in [0.3, 0.4) is 0 Å². The van der Waals surface area contributed by atoms with E-state index in [-0.39, 0.29) is 5.78 Å². The van der Waals surface area contributed by atoms with E-state index < -0.39 is 0 Å². The lowest BCUT2D eigenvalue weighted by Gasteiger charge is -2.10. The molecule has 5 rings (SSSR count). The summed E-state index contributed by atoms with van der Waals surface area (Å²) in [6.45, 7) is 7.35. The number of allylic oxidation sites excluding steroid dienone is 1. The molecule has 0 spiro atoms. The van der Waals surface area contributed by atoms with Crippen molar-refractivity contribution in [1.82, 2.24) is 4.57 Å². The van der Waals surface area contributed by atoms with Crippen molar-refractivity contribution in [2.75, 3.05) is 7.11 Å². The minimum atomic E-state index is -0.113. The molecule has 0 atom stereocenters. The molecule has 2 heterocycles. The first-order valence-electron chi connectivity index (χ1n) is 11.4. The summed E-state index contributed by atoms with van der Waals surface area (Å²) in [6, 6.07) is 17.8. The standard InChI is InChI=1S/C29H27NO4/c1-5-30-16-21(24-14-22(32-4)10-11-25(24)30)13-27-29(31)28-19(3)12-23(15-26(28)34-27)33-17-20-9-7-6-8-18(20)2/h6-16H,5,17H2,1-4H3/b27-13-. The van der Waals surface area contributed by atoms with Gasteiger partial charge in [-0.3, -0.25) is 4.79 Å². The van der Waals surface area contributed by atoms with Crippen LogP contribution in [0.2, 0.25) is 0 Å². The lowest BCUT2D eigenvalue weighted by molar-refractivity contribution is 0.101. The number of benzene rings is 3. The molecule has 0 amide bonds. The molecule has 1 aliphatic rings. The molecule has 4 aromatic rings. The molecule has 0 unspecified atom stereocenters. The predicted octanol–water partition coefficient (Wildman–Crippen LogP) is 6.48. The summed E-state index contributed by atoms with van der Waals surface area (Å²) in [5, 5.41) is 1.01. The predicted molar refractivity (Wildman–Crippen MR) is 134 cm³/mol. The van der Waals surface area contributed by atoms with Gasteiger partial charge >= 0.3 is 0 Å². The first kappa shape index (κ1) is 21.8. The number of carbonyl (C=O) groups is 1. The third-order valence-electron chi connectivity index (χ3n) is 6.35. The summed E-state index contributed by atoms with van der Waals surface area (Å²) >= 11 is 0. The first-order chi connectivity index (χ1) is 16.5. The van der Waals surface area contributed by atoms with Gasteiger partial charge in [-0.05, 0) is 67.8 Å². The Labute approximate surface area is 199 Å².